The van der Waals surface area contributed by atoms with Crippen molar-refractivity contribution in [1.82, 2.24) is 4.90 Å². The summed E-state index contributed by atoms with van der Waals surface area (Å²) in [4.78, 5) is 22.8. The Bertz CT molecular complexity index is 1120. The van der Waals surface area contributed by atoms with Crippen LogP contribution in [-0.4, -0.2) is 29.1 Å². The van der Waals surface area contributed by atoms with Crippen LogP contribution in [0.5, 0.6) is 0 Å². The molecule has 6 heteroatoms. The average molecular weight is 444 g/mol. The molecule has 2 aromatic carbocycles. The maximum absolute atomic E-state index is 13.3. The molecule has 0 N–H and O–H groups in total. The molecule has 2 aliphatic rings. The molecule has 1 amide bonds. The van der Waals surface area contributed by atoms with Gasteiger partial charge in [-0.1, -0.05) is 30.3 Å². The third kappa shape index (κ3) is 4.65. The molecule has 0 spiro atoms. The minimum atomic E-state index is -0.0545. The standard InChI is InChI=1S/C26H25N3O2S/c30-25-24(18-20-11-13-22(14-12-20)28-15-5-2-6-16-28)32-26(27-21-8-3-1-4-9-21)29(25)19-23-10-7-17-31-23/h1,3-4,7-14,17-18H,2,5-6,15-16,19H2/b24-18-,27-26?. The van der Waals surface area contributed by atoms with E-state index in [2.05, 4.69) is 29.2 Å². The van der Waals surface area contributed by atoms with Crippen LogP contribution in [0.4, 0.5) is 11.4 Å². The lowest BCUT2D eigenvalue weighted by molar-refractivity contribution is -0.122. The van der Waals surface area contributed by atoms with Gasteiger partial charge in [0.15, 0.2) is 5.17 Å². The van der Waals surface area contributed by atoms with Crippen LogP contribution >= 0.6 is 11.8 Å². The molecule has 3 aromatic rings. The molecule has 2 fully saturated rings. The first kappa shape index (κ1) is 20.6. The first-order chi connectivity index (χ1) is 15.8. The number of para-hydroxylation sites is 1. The fraction of sp³-hybridized carbons (Fsp3) is 0.231. The van der Waals surface area contributed by atoms with Crippen molar-refractivity contribution >= 4 is 40.3 Å². The van der Waals surface area contributed by atoms with E-state index in [9.17, 15) is 4.79 Å². The molecule has 162 valence electrons. The lowest BCUT2D eigenvalue weighted by Gasteiger charge is -2.28. The quantitative estimate of drug-likeness (QED) is 0.449. The molecule has 5 rings (SSSR count). The van der Waals surface area contributed by atoms with Crippen LogP contribution < -0.4 is 4.90 Å². The SMILES string of the molecule is O=C1/C(=C/c2ccc(N3CCCCC3)cc2)SC(=Nc2ccccc2)N1Cc1ccco1. The minimum Gasteiger partial charge on any atom is -0.467 e. The number of benzene rings is 2. The number of carbonyl (C=O) groups excluding carboxylic acids is 1. The number of nitrogens with zero attached hydrogens (tertiary/aromatic N) is 3. The summed E-state index contributed by atoms with van der Waals surface area (Å²) >= 11 is 1.41. The van der Waals surface area contributed by atoms with E-state index >= 15 is 0 Å². The van der Waals surface area contributed by atoms with Crippen LogP contribution in [0, 0.1) is 0 Å². The van der Waals surface area contributed by atoms with Crippen LogP contribution in [0.2, 0.25) is 0 Å². The number of hydrogen-bond acceptors (Lipinski definition) is 5. The number of hydrogen-bond donors (Lipinski definition) is 0. The molecule has 0 atom stereocenters. The van der Waals surface area contributed by atoms with Gasteiger partial charge in [0.2, 0.25) is 0 Å². The van der Waals surface area contributed by atoms with Crippen molar-refractivity contribution in [2.45, 2.75) is 25.8 Å². The summed E-state index contributed by atoms with van der Waals surface area (Å²) in [6, 6.07) is 21.9. The molecule has 0 saturated carbocycles. The second kappa shape index (κ2) is 9.49. The van der Waals surface area contributed by atoms with Gasteiger partial charge < -0.3 is 9.32 Å². The number of thioether (sulfide) groups is 1. The molecule has 2 saturated heterocycles. The Kier molecular flexibility index (Phi) is 6.12. The number of furan rings is 1. The summed E-state index contributed by atoms with van der Waals surface area (Å²) in [6.45, 7) is 2.60. The monoisotopic (exact) mass is 443 g/mol. The van der Waals surface area contributed by atoms with Gasteiger partial charge in [-0.3, -0.25) is 9.69 Å². The first-order valence-electron chi connectivity index (χ1n) is 11.0. The Labute approximate surface area is 192 Å². The molecular weight excluding hydrogens is 418 g/mol. The Morgan fingerprint density at radius 3 is 2.44 bits per heavy atom. The van der Waals surface area contributed by atoms with Gasteiger partial charge in [-0.25, -0.2) is 4.99 Å². The summed E-state index contributed by atoms with van der Waals surface area (Å²) in [5.74, 6) is 0.674. The van der Waals surface area contributed by atoms with Crippen LogP contribution in [0.3, 0.4) is 0 Å². The summed E-state index contributed by atoms with van der Waals surface area (Å²) in [7, 11) is 0. The van der Waals surface area contributed by atoms with Crippen molar-refractivity contribution in [2.24, 2.45) is 4.99 Å². The van der Waals surface area contributed by atoms with Crippen LogP contribution in [-0.2, 0) is 11.3 Å². The third-order valence-electron chi connectivity index (χ3n) is 5.68. The number of piperidine rings is 1. The fourth-order valence-corrected chi connectivity index (χ4v) is 4.98. The summed E-state index contributed by atoms with van der Waals surface area (Å²) in [5.41, 5.74) is 3.09. The van der Waals surface area contributed by atoms with Gasteiger partial charge in [0.1, 0.15) is 5.76 Å². The zero-order valence-corrected chi connectivity index (χ0v) is 18.6. The molecular formula is C26H25N3O2S. The van der Waals surface area contributed by atoms with E-state index in [1.54, 1.807) is 11.2 Å². The number of anilines is 1. The highest BCUT2D eigenvalue weighted by molar-refractivity contribution is 8.18. The van der Waals surface area contributed by atoms with Gasteiger partial charge in [-0.05, 0) is 79.1 Å². The summed E-state index contributed by atoms with van der Waals surface area (Å²) < 4.78 is 5.48. The van der Waals surface area contributed by atoms with Crippen LogP contribution in [0.15, 0.2) is 87.3 Å². The molecule has 32 heavy (non-hydrogen) atoms. The molecule has 0 bridgehead atoms. The van der Waals surface area contributed by atoms with Crippen LogP contribution in [0.1, 0.15) is 30.6 Å². The van der Waals surface area contributed by atoms with E-state index in [4.69, 9.17) is 9.41 Å². The van der Waals surface area contributed by atoms with Gasteiger partial charge in [0.25, 0.3) is 5.91 Å². The minimum absolute atomic E-state index is 0.0545. The van der Waals surface area contributed by atoms with E-state index in [-0.39, 0.29) is 5.91 Å². The highest BCUT2D eigenvalue weighted by Crippen LogP contribution is 2.35. The third-order valence-corrected chi connectivity index (χ3v) is 6.68. The molecule has 0 aliphatic carbocycles. The smallest absolute Gasteiger partial charge is 0.267 e. The Morgan fingerprint density at radius 2 is 1.72 bits per heavy atom. The fourth-order valence-electron chi connectivity index (χ4n) is 3.99. The Balaban J connectivity index is 1.40. The predicted molar refractivity (Wildman–Crippen MR) is 131 cm³/mol. The van der Waals surface area contributed by atoms with Crippen molar-refractivity contribution in [3.05, 3.63) is 89.2 Å². The maximum atomic E-state index is 13.3. The molecule has 1 aromatic heterocycles. The van der Waals surface area contributed by atoms with E-state index in [0.29, 0.717) is 16.6 Å². The van der Waals surface area contributed by atoms with Gasteiger partial charge in [0, 0.05) is 18.8 Å². The second-order valence-electron chi connectivity index (χ2n) is 7.95. The zero-order chi connectivity index (χ0) is 21.8. The molecule has 0 unspecified atom stereocenters. The van der Waals surface area contributed by atoms with E-state index in [0.717, 1.165) is 30.1 Å². The molecule has 5 nitrogen and oxygen atoms in total. The largest absolute Gasteiger partial charge is 0.467 e. The highest BCUT2D eigenvalue weighted by atomic mass is 32.2. The van der Waals surface area contributed by atoms with E-state index in [1.807, 2.05) is 48.5 Å². The topological polar surface area (TPSA) is 49.1 Å². The summed E-state index contributed by atoms with van der Waals surface area (Å²) in [5, 5.41) is 0.661. The van der Waals surface area contributed by atoms with Crippen molar-refractivity contribution in [3.8, 4) is 0 Å². The van der Waals surface area contributed by atoms with Crippen LogP contribution in [0.25, 0.3) is 6.08 Å². The second-order valence-corrected chi connectivity index (χ2v) is 8.96. The van der Waals surface area contributed by atoms with Crippen molar-refractivity contribution in [2.75, 3.05) is 18.0 Å². The van der Waals surface area contributed by atoms with Crippen molar-refractivity contribution in [3.63, 3.8) is 0 Å². The number of amides is 1. The van der Waals surface area contributed by atoms with Gasteiger partial charge in [-0.2, -0.15) is 0 Å². The zero-order valence-electron chi connectivity index (χ0n) is 17.8. The van der Waals surface area contributed by atoms with Gasteiger partial charge >= 0.3 is 0 Å². The highest BCUT2D eigenvalue weighted by Gasteiger charge is 2.34. The van der Waals surface area contributed by atoms with E-state index < -0.39 is 0 Å². The summed E-state index contributed by atoms with van der Waals surface area (Å²) in [6.07, 6.45) is 7.41. The molecule has 2 aliphatic heterocycles. The molecule has 3 heterocycles. The lowest BCUT2D eigenvalue weighted by atomic mass is 10.1. The van der Waals surface area contributed by atoms with Crippen molar-refractivity contribution in [1.29, 1.82) is 0 Å². The Hall–Kier alpha value is -3.25. The van der Waals surface area contributed by atoms with E-state index in [1.165, 1.54) is 36.7 Å². The average Bonchev–Trinajstić information content (AvgIpc) is 3.45. The van der Waals surface area contributed by atoms with Gasteiger partial charge in [0.05, 0.1) is 23.4 Å². The number of amidine groups is 1. The lowest BCUT2D eigenvalue weighted by Crippen LogP contribution is -2.29. The van der Waals surface area contributed by atoms with Crippen molar-refractivity contribution < 1.29 is 9.21 Å². The first-order valence-corrected chi connectivity index (χ1v) is 11.8. The predicted octanol–water partition coefficient (Wildman–Crippen LogP) is 6.07. The Morgan fingerprint density at radius 1 is 0.938 bits per heavy atom. The number of rotatable bonds is 5. The van der Waals surface area contributed by atoms with Gasteiger partial charge in [-0.15, -0.1) is 0 Å². The maximum Gasteiger partial charge on any atom is 0.267 e. The molecule has 0 radical (unpaired) electrons. The number of carbonyl (C=O) groups is 1. The number of aliphatic imine (C=N–C) groups is 1. The normalized spacial score (nSPS) is 19.3.